The van der Waals surface area contributed by atoms with E-state index in [1.807, 2.05) is 0 Å². The summed E-state index contributed by atoms with van der Waals surface area (Å²) in [7, 11) is 3.12. The summed E-state index contributed by atoms with van der Waals surface area (Å²) in [5, 5.41) is 0. The fraction of sp³-hybridized carbons (Fsp3) is 0.133. The van der Waals surface area contributed by atoms with Crippen molar-refractivity contribution in [1.82, 2.24) is 9.55 Å². The van der Waals surface area contributed by atoms with E-state index in [1.54, 1.807) is 43.1 Å². The Hall–Kier alpha value is -2.76. The number of hydrogen-bond donors (Lipinski definition) is 1. The fourth-order valence-electron chi connectivity index (χ4n) is 2.29. The lowest BCUT2D eigenvalue weighted by Crippen LogP contribution is -2.03. The van der Waals surface area contributed by atoms with Gasteiger partial charge in [0.1, 0.15) is 17.3 Å². The number of methoxy groups -OCH3 is 2. The zero-order chi connectivity index (χ0) is 15.0. The highest BCUT2D eigenvalue weighted by atomic mass is 19.1. The van der Waals surface area contributed by atoms with Gasteiger partial charge in [0.15, 0.2) is 0 Å². The van der Waals surface area contributed by atoms with E-state index in [0.717, 1.165) is 0 Å². The summed E-state index contributed by atoms with van der Waals surface area (Å²) >= 11 is 0. The van der Waals surface area contributed by atoms with Gasteiger partial charge in [-0.1, -0.05) is 0 Å². The first-order valence-electron chi connectivity index (χ1n) is 6.30. The van der Waals surface area contributed by atoms with E-state index < -0.39 is 0 Å². The summed E-state index contributed by atoms with van der Waals surface area (Å²) in [6, 6.07) is 9.64. The van der Waals surface area contributed by atoms with Gasteiger partial charge in [0.25, 0.3) is 0 Å². The van der Waals surface area contributed by atoms with Crippen molar-refractivity contribution in [2.45, 2.75) is 0 Å². The summed E-state index contributed by atoms with van der Waals surface area (Å²) < 4.78 is 25.7. The molecule has 0 atom stereocenters. The third-order valence-electron chi connectivity index (χ3n) is 3.27. The average Bonchev–Trinajstić information content (AvgIpc) is 2.81. The monoisotopic (exact) mass is 287 g/mol. The van der Waals surface area contributed by atoms with Crippen molar-refractivity contribution in [2.24, 2.45) is 0 Å². The van der Waals surface area contributed by atoms with E-state index in [0.29, 0.717) is 28.2 Å². The third kappa shape index (κ3) is 2.14. The lowest BCUT2D eigenvalue weighted by atomic mass is 10.2. The van der Waals surface area contributed by atoms with Crippen LogP contribution >= 0.6 is 0 Å². The van der Waals surface area contributed by atoms with E-state index in [2.05, 4.69) is 4.98 Å². The zero-order valence-corrected chi connectivity index (χ0v) is 11.6. The summed E-state index contributed by atoms with van der Waals surface area (Å²) in [6.07, 6.45) is 0. The highest BCUT2D eigenvalue weighted by Gasteiger charge is 2.15. The van der Waals surface area contributed by atoms with Crippen LogP contribution in [0.2, 0.25) is 0 Å². The van der Waals surface area contributed by atoms with Crippen molar-refractivity contribution in [3.8, 4) is 17.2 Å². The molecule has 0 aliphatic rings. The second kappa shape index (κ2) is 4.97. The van der Waals surface area contributed by atoms with Gasteiger partial charge in [-0.15, -0.1) is 0 Å². The quantitative estimate of drug-likeness (QED) is 0.804. The predicted molar refractivity (Wildman–Crippen MR) is 78.5 cm³/mol. The highest BCUT2D eigenvalue weighted by Crippen LogP contribution is 2.32. The fourth-order valence-corrected chi connectivity index (χ4v) is 2.29. The van der Waals surface area contributed by atoms with Gasteiger partial charge in [-0.2, -0.15) is 0 Å². The van der Waals surface area contributed by atoms with Gasteiger partial charge in [-0.3, -0.25) is 4.57 Å². The minimum Gasteiger partial charge on any atom is -0.497 e. The Bertz CT molecular complexity index is 814. The minimum absolute atomic E-state index is 0.263. The average molecular weight is 287 g/mol. The van der Waals surface area contributed by atoms with Crippen LogP contribution in [0.25, 0.3) is 16.7 Å². The summed E-state index contributed by atoms with van der Waals surface area (Å²) in [4.78, 5) is 4.24. The van der Waals surface area contributed by atoms with Crippen molar-refractivity contribution in [2.75, 3.05) is 20.0 Å². The Balaban J connectivity index is 2.29. The van der Waals surface area contributed by atoms with E-state index >= 15 is 0 Å². The number of hydrogen-bond acceptors (Lipinski definition) is 4. The van der Waals surface area contributed by atoms with Gasteiger partial charge in [0, 0.05) is 12.1 Å². The maximum absolute atomic E-state index is 13.5. The SMILES string of the molecule is COc1ccc(-n2c(N)nc3ccc(F)cc32)c(OC)c1. The number of nitrogen functional groups attached to an aromatic ring is 1. The number of anilines is 1. The number of aromatic nitrogens is 2. The molecule has 3 aromatic rings. The number of nitrogens with zero attached hydrogens (tertiary/aromatic N) is 2. The van der Waals surface area contributed by atoms with Gasteiger partial charge < -0.3 is 15.2 Å². The van der Waals surface area contributed by atoms with Gasteiger partial charge in [-0.05, 0) is 24.3 Å². The minimum atomic E-state index is -0.351. The zero-order valence-electron chi connectivity index (χ0n) is 11.6. The second-order valence-electron chi connectivity index (χ2n) is 4.48. The molecule has 2 aromatic carbocycles. The number of nitrogens with two attached hydrogens (primary N) is 1. The summed E-state index contributed by atoms with van der Waals surface area (Å²) in [5.41, 5.74) is 7.84. The number of imidazole rings is 1. The van der Waals surface area contributed by atoms with E-state index in [-0.39, 0.29) is 11.8 Å². The van der Waals surface area contributed by atoms with Gasteiger partial charge in [0.05, 0.1) is 30.9 Å². The molecule has 0 fully saturated rings. The number of halogens is 1. The molecule has 1 heterocycles. The molecule has 2 N–H and O–H groups in total. The predicted octanol–water partition coefficient (Wildman–Crippen LogP) is 2.76. The first kappa shape index (κ1) is 13.2. The Morgan fingerprint density at radius 3 is 2.62 bits per heavy atom. The summed E-state index contributed by atoms with van der Waals surface area (Å²) in [5.74, 6) is 1.13. The smallest absolute Gasteiger partial charge is 0.206 e. The number of fused-ring (bicyclic) bond motifs is 1. The molecule has 0 aliphatic carbocycles. The van der Waals surface area contributed by atoms with Crippen molar-refractivity contribution in [3.05, 3.63) is 42.2 Å². The van der Waals surface area contributed by atoms with Crippen LogP contribution in [0.3, 0.4) is 0 Å². The lowest BCUT2D eigenvalue weighted by Gasteiger charge is -2.13. The lowest BCUT2D eigenvalue weighted by molar-refractivity contribution is 0.393. The Morgan fingerprint density at radius 2 is 1.90 bits per heavy atom. The largest absolute Gasteiger partial charge is 0.497 e. The van der Waals surface area contributed by atoms with Crippen molar-refractivity contribution < 1.29 is 13.9 Å². The van der Waals surface area contributed by atoms with Crippen LogP contribution in [0.1, 0.15) is 0 Å². The molecule has 6 heteroatoms. The Kier molecular flexibility index (Phi) is 3.13. The van der Waals surface area contributed by atoms with Crippen molar-refractivity contribution in [1.29, 1.82) is 0 Å². The molecule has 21 heavy (non-hydrogen) atoms. The highest BCUT2D eigenvalue weighted by molar-refractivity contribution is 5.81. The van der Waals surface area contributed by atoms with Crippen LogP contribution in [-0.4, -0.2) is 23.8 Å². The molecule has 1 aromatic heterocycles. The molecule has 0 bridgehead atoms. The van der Waals surface area contributed by atoms with Gasteiger partial charge in [-0.25, -0.2) is 9.37 Å². The molecule has 3 rings (SSSR count). The maximum Gasteiger partial charge on any atom is 0.206 e. The Labute approximate surface area is 120 Å². The second-order valence-corrected chi connectivity index (χ2v) is 4.48. The maximum atomic E-state index is 13.5. The van der Waals surface area contributed by atoms with E-state index in [1.165, 1.54) is 12.1 Å². The standard InChI is InChI=1S/C15H14FN3O2/c1-20-10-4-6-12(14(8-10)21-2)19-13-7-9(16)3-5-11(13)18-15(19)17/h3-8H,1-2H3,(H2,17,18). The number of rotatable bonds is 3. The molecule has 0 saturated heterocycles. The number of ether oxygens (including phenoxy) is 2. The molecule has 108 valence electrons. The molecule has 5 nitrogen and oxygen atoms in total. The van der Waals surface area contributed by atoms with Crippen LogP contribution in [0, 0.1) is 5.82 Å². The van der Waals surface area contributed by atoms with E-state index in [9.17, 15) is 4.39 Å². The van der Waals surface area contributed by atoms with Gasteiger partial charge >= 0.3 is 0 Å². The molecule has 0 unspecified atom stereocenters. The molecular weight excluding hydrogens is 273 g/mol. The van der Waals surface area contributed by atoms with Crippen molar-refractivity contribution in [3.63, 3.8) is 0 Å². The van der Waals surface area contributed by atoms with E-state index in [4.69, 9.17) is 15.2 Å². The van der Waals surface area contributed by atoms with Crippen LogP contribution in [0.4, 0.5) is 10.3 Å². The topological polar surface area (TPSA) is 62.3 Å². The van der Waals surface area contributed by atoms with Crippen LogP contribution in [-0.2, 0) is 0 Å². The first-order chi connectivity index (χ1) is 10.1. The van der Waals surface area contributed by atoms with Crippen molar-refractivity contribution >= 4 is 17.0 Å². The normalized spacial score (nSPS) is 10.8. The number of benzene rings is 2. The van der Waals surface area contributed by atoms with Gasteiger partial charge in [0.2, 0.25) is 5.95 Å². The van der Waals surface area contributed by atoms with Crippen LogP contribution in [0.5, 0.6) is 11.5 Å². The molecule has 0 aliphatic heterocycles. The third-order valence-corrected chi connectivity index (χ3v) is 3.27. The van der Waals surface area contributed by atoms with Crippen LogP contribution < -0.4 is 15.2 Å². The molecule has 0 radical (unpaired) electrons. The molecule has 0 saturated carbocycles. The molecular formula is C15H14FN3O2. The summed E-state index contributed by atoms with van der Waals surface area (Å²) in [6.45, 7) is 0. The molecule has 0 spiro atoms. The first-order valence-corrected chi connectivity index (χ1v) is 6.30. The Morgan fingerprint density at radius 1 is 1.10 bits per heavy atom. The molecule has 0 amide bonds. The van der Waals surface area contributed by atoms with Crippen LogP contribution in [0.15, 0.2) is 36.4 Å².